The van der Waals surface area contributed by atoms with Gasteiger partial charge < -0.3 is 16.8 Å². The molecule has 0 spiro atoms. The molecule has 0 saturated heterocycles. The van der Waals surface area contributed by atoms with Gasteiger partial charge in [0.25, 0.3) is 0 Å². The molecule has 0 aromatic rings. The first-order chi connectivity index (χ1) is 17.9. The molecule has 0 N–H and O–H groups in total. The van der Waals surface area contributed by atoms with E-state index in [2.05, 4.69) is 82.3 Å². The lowest BCUT2D eigenvalue weighted by Crippen LogP contribution is -2.64. The first-order valence-electron chi connectivity index (χ1n) is 16.7. The molecule has 0 aliphatic carbocycles. The second kappa shape index (κ2) is 19.2. The lowest BCUT2D eigenvalue weighted by atomic mass is 10.2. The van der Waals surface area contributed by atoms with E-state index < -0.39 is 42.1 Å². The highest BCUT2D eigenvalue weighted by atomic mass is 28.5. The van der Waals surface area contributed by atoms with E-state index in [1.54, 1.807) is 0 Å². The molecule has 0 atom stereocenters. The fourth-order valence-corrected chi connectivity index (χ4v) is 29.2. The lowest BCUT2D eigenvalue weighted by molar-refractivity contribution is 0.237. The third-order valence-electron chi connectivity index (χ3n) is 9.71. The molecule has 0 aromatic carbocycles. The molecule has 0 aliphatic heterocycles. The zero-order valence-corrected chi connectivity index (χ0v) is 33.2. The number of rotatable bonds is 25. The smallest absolute Gasteiger partial charge is 0.418 e. The molecule has 230 valence electrons. The molecule has 4 nitrogen and oxygen atoms in total. The second-order valence-corrected chi connectivity index (χ2v) is 34.3. The zero-order chi connectivity index (χ0) is 29.3. The minimum absolute atomic E-state index is 0.861. The average molecular weight is 623 g/mol. The van der Waals surface area contributed by atoms with Crippen LogP contribution in [0.25, 0.3) is 0 Å². The van der Waals surface area contributed by atoms with Gasteiger partial charge >= 0.3 is 8.80 Å². The van der Waals surface area contributed by atoms with Crippen molar-refractivity contribution in [1.29, 1.82) is 0 Å². The monoisotopic (exact) mass is 622 g/mol. The molecule has 0 saturated carbocycles. The van der Waals surface area contributed by atoms with Gasteiger partial charge in [-0.05, 0) is 86.9 Å². The highest BCUT2D eigenvalue weighted by Gasteiger charge is 2.54. The van der Waals surface area contributed by atoms with Crippen LogP contribution in [0.5, 0.6) is 0 Å². The fourth-order valence-electron chi connectivity index (χ4n) is 5.99. The van der Waals surface area contributed by atoms with Crippen LogP contribution in [0.15, 0.2) is 0 Å². The molecule has 9 heteroatoms. The fraction of sp³-hybridized carbons (Fsp3) is 1.00. The van der Waals surface area contributed by atoms with Crippen LogP contribution in [-0.4, -0.2) is 48.7 Å². The summed E-state index contributed by atoms with van der Waals surface area (Å²) < 4.78 is 28.8. The van der Waals surface area contributed by atoms with Crippen molar-refractivity contribution in [2.75, 3.05) is 6.61 Å². The van der Waals surface area contributed by atoms with Gasteiger partial charge in [0.1, 0.15) is 0 Å². The van der Waals surface area contributed by atoms with Crippen molar-refractivity contribution in [2.24, 2.45) is 0 Å². The van der Waals surface area contributed by atoms with Crippen molar-refractivity contribution in [3.8, 4) is 0 Å². The molecule has 0 unspecified atom stereocenters. The molecule has 0 aliphatic rings. The molecule has 0 rings (SSSR count). The standard InChI is InChI=1S/C29H70O4Si5/c1-13-30-34(11,12)28-26-24-23-25-27-29-38(31-35(14-2,15-3)16-4,32-36(17-5,18-6)19-7)33-37(20-8,21-9)22-10/h13-29H2,1-12H3. The quantitative estimate of drug-likeness (QED) is 0.0749. The van der Waals surface area contributed by atoms with Crippen LogP contribution in [0.2, 0.25) is 79.6 Å². The highest BCUT2D eigenvalue weighted by Crippen LogP contribution is 2.39. The molecule has 0 fully saturated rings. The molecule has 0 bridgehead atoms. The Morgan fingerprint density at radius 3 is 0.974 bits per heavy atom. The molecule has 0 aromatic heterocycles. The van der Waals surface area contributed by atoms with E-state index in [0.717, 1.165) is 12.7 Å². The Labute approximate surface area is 245 Å². The maximum atomic E-state index is 7.59. The van der Waals surface area contributed by atoms with Crippen LogP contribution >= 0.6 is 0 Å². The first kappa shape index (κ1) is 38.9. The summed E-state index contributed by atoms with van der Waals surface area (Å²) >= 11 is 0. The van der Waals surface area contributed by atoms with Crippen molar-refractivity contribution in [1.82, 2.24) is 0 Å². The lowest BCUT2D eigenvalue weighted by Gasteiger charge is -2.48. The van der Waals surface area contributed by atoms with Crippen molar-refractivity contribution < 1.29 is 16.8 Å². The van der Waals surface area contributed by atoms with Crippen LogP contribution in [0.3, 0.4) is 0 Å². The van der Waals surface area contributed by atoms with E-state index >= 15 is 0 Å². The first-order valence-corrected chi connectivity index (χ1v) is 29.3. The van der Waals surface area contributed by atoms with Gasteiger partial charge in [-0.1, -0.05) is 88.0 Å². The summed E-state index contributed by atoms with van der Waals surface area (Å²) in [7, 11) is -9.96. The summed E-state index contributed by atoms with van der Waals surface area (Å²) in [5.74, 6) is 0. The van der Waals surface area contributed by atoms with Crippen molar-refractivity contribution in [2.45, 2.75) is 181 Å². The maximum Gasteiger partial charge on any atom is 0.469 e. The Hall–Kier alpha value is 0.924. The minimum atomic E-state index is -2.83. The van der Waals surface area contributed by atoms with Gasteiger partial charge in [0.15, 0.2) is 33.3 Å². The second-order valence-electron chi connectivity index (χ2n) is 12.2. The Kier molecular flexibility index (Phi) is 19.6. The minimum Gasteiger partial charge on any atom is -0.418 e. The van der Waals surface area contributed by atoms with Crippen LogP contribution in [-0.2, 0) is 16.8 Å². The van der Waals surface area contributed by atoms with Crippen LogP contribution in [0, 0.1) is 0 Å². The highest BCUT2D eigenvalue weighted by molar-refractivity contribution is 6.92. The summed E-state index contributed by atoms with van der Waals surface area (Å²) in [4.78, 5) is 0. The predicted molar refractivity (Wildman–Crippen MR) is 182 cm³/mol. The van der Waals surface area contributed by atoms with Crippen molar-refractivity contribution >= 4 is 42.1 Å². The maximum absolute atomic E-state index is 7.59. The summed E-state index contributed by atoms with van der Waals surface area (Å²) in [5, 5.41) is 0. The topological polar surface area (TPSA) is 36.9 Å². The van der Waals surface area contributed by atoms with Gasteiger partial charge in [-0.25, -0.2) is 0 Å². The van der Waals surface area contributed by atoms with E-state index in [1.807, 2.05) is 0 Å². The molecule has 38 heavy (non-hydrogen) atoms. The van der Waals surface area contributed by atoms with E-state index in [0.29, 0.717) is 0 Å². The third kappa shape index (κ3) is 12.4. The SMILES string of the molecule is CCO[Si](C)(C)CCCCCCC[Si](O[Si](CC)(CC)CC)(O[Si](CC)(CC)CC)O[Si](CC)(CC)CC. The van der Waals surface area contributed by atoms with Crippen molar-refractivity contribution in [3.63, 3.8) is 0 Å². The normalized spacial score (nSPS) is 13.9. The molecule has 0 radical (unpaired) electrons. The Balaban J connectivity index is 6.02. The summed E-state index contributed by atoms with van der Waals surface area (Å²) in [6.07, 6.45) is 6.36. The van der Waals surface area contributed by atoms with Crippen LogP contribution in [0.4, 0.5) is 0 Å². The van der Waals surface area contributed by atoms with E-state index in [1.165, 1.54) is 92.5 Å². The summed E-state index contributed by atoms with van der Waals surface area (Å²) in [5.41, 5.74) is 0. The molecule has 0 amide bonds. The number of hydrogen-bond acceptors (Lipinski definition) is 4. The van der Waals surface area contributed by atoms with Gasteiger partial charge in [0.05, 0.1) is 0 Å². The Morgan fingerprint density at radius 1 is 0.395 bits per heavy atom. The van der Waals surface area contributed by atoms with Crippen LogP contribution in [0.1, 0.15) is 101 Å². The molecular formula is C29H70O4Si5. The van der Waals surface area contributed by atoms with E-state index in [9.17, 15) is 0 Å². The van der Waals surface area contributed by atoms with Gasteiger partial charge in [-0.2, -0.15) is 0 Å². The van der Waals surface area contributed by atoms with E-state index in [4.69, 9.17) is 16.8 Å². The number of unbranched alkanes of at least 4 members (excludes halogenated alkanes) is 4. The van der Waals surface area contributed by atoms with Crippen LogP contribution < -0.4 is 0 Å². The van der Waals surface area contributed by atoms with E-state index in [-0.39, 0.29) is 0 Å². The van der Waals surface area contributed by atoms with Gasteiger partial charge in [-0.15, -0.1) is 0 Å². The Bertz CT molecular complexity index is 514. The molecular weight excluding hydrogens is 553 g/mol. The van der Waals surface area contributed by atoms with Gasteiger partial charge in [0.2, 0.25) is 0 Å². The Morgan fingerprint density at radius 2 is 0.684 bits per heavy atom. The average Bonchev–Trinajstić information content (AvgIpc) is 2.93. The summed E-state index contributed by atoms with van der Waals surface area (Å²) in [6, 6.07) is 12.8. The molecule has 0 heterocycles. The third-order valence-corrected chi connectivity index (χ3v) is 33.8. The predicted octanol–water partition coefficient (Wildman–Crippen LogP) is 11.2. The zero-order valence-electron chi connectivity index (χ0n) is 28.2. The summed E-state index contributed by atoms with van der Waals surface area (Å²) in [6.45, 7) is 29.0. The van der Waals surface area contributed by atoms with Gasteiger partial charge in [0, 0.05) is 12.7 Å². The van der Waals surface area contributed by atoms with Crippen molar-refractivity contribution in [3.05, 3.63) is 0 Å². The largest absolute Gasteiger partial charge is 0.469 e. The number of hydrogen-bond donors (Lipinski definition) is 0. The van der Waals surface area contributed by atoms with Gasteiger partial charge in [-0.3, -0.25) is 0 Å².